The Balaban J connectivity index is 0.000000614. The Labute approximate surface area is 171 Å². The van der Waals surface area contributed by atoms with Crippen LogP contribution in [0.2, 0.25) is 0 Å². The van der Waals surface area contributed by atoms with Gasteiger partial charge in [-0.3, -0.25) is 4.79 Å². The van der Waals surface area contributed by atoms with Crippen molar-refractivity contribution >= 4 is 38.5 Å². The molecule has 4 nitrogen and oxygen atoms in total. The van der Waals surface area contributed by atoms with Crippen molar-refractivity contribution in [2.24, 2.45) is 0 Å². The van der Waals surface area contributed by atoms with E-state index in [2.05, 4.69) is 58.6 Å². The van der Waals surface area contributed by atoms with Gasteiger partial charge in [0.15, 0.2) is 0 Å². The summed E-state index contributed by atoms with van der Waals surface area (Å²) in [7, 11) is 3.59. The van der Waals surface area contributed by atoms with E-state index in [1.54, 1.807) is 0 Å². The first-order valence-corrected chi connectivity index (χ1v) is 10.4. The lowest BCUT2D eigenvalue weighted by Gasteiger charge is -2.31. The molecule has 0 atom stereocenters. The molecule has 0 amide bonds. The van der Waals surface area contributed by atoms with Crippen molar-refractivity contribution in [2.75, 3.05) is 25.6 Å². The van der Waals surface area contributed by atoms with Gasteiger partial charge in [-0.15, -0.1) is 13.2 Å². The molecule has 0 radical (unpaired) electrons. The third-order valence-electron chi connectivity index (χ3n) is 5.25. The van der Waals surface area contributed by atoms with Crippen molar-refractivity contribution < 1.29 is 9.53 Å². The zero-order valence-electron chi connectivity index (χ0n) is 17.2. The number of carbonyl (C=O) groups is 1. The smallest absolute Gasteiger partial charge is 0.310 e. The van der Waals surface area contributed by atoms with Gasteiger partial charge in [-0.2, -0.15) is 0 Å². The van der Waals surface area contributed by atoms with Crippen LogP contribution in [0.1, 0.15) is 49.4 Å². The summed E-state index contributed by atoms with van der Waals surface area (Å²) in [4.78, 5) is 14.2. The highest BCUT2D eigenvalue weighted by Gasteiger charge is 2.32. The van der Waals surface area contributed by atoms with Crippen molar-refractivity contribution in [2.45, 2.75) is 52.5 Å². The number of hydrogen-bond donors (Lipinski definition) is 0. The molecule has 1 aromatic carbocycles. The summed E-state index contributed by atoms with van der Waals surface area (Å²) >= 11 is 3.78. The number of carbonyl (C=O) groups excluding carboxylic acids is 1. The molecule has 0 spiro atoms. The summed E-state index contributed by atoms with van der Waals surface area (Å²) in [6.45, 7) is 14.2. The first-order valence-electron chi connectivity index (χ1n) is 9.65. The lowest BCUT2D eigenvalue weighted by atomic mass is 9.99. The van der Waals surface area contributed by atoms with Gasteiger partial charge in [0, 0.05) is 35.7 Å². The number of likely N-dealkylation sites (N-methyl/N-ethyl adjacent to an activating group) is 1. The number of anilines is 1. The van der Waals surface area contributed by atoms with Crippen molar-refractivity contribution in [3.63, 3.8) is 0 Å². The molecule has 1 aromatic heterocycles. The third kappa shape index (κ3) is 3.79. The lowest BCUT2D eigenvalue weighted by Crippen LogP contribution is -2.29. The largest absolute Gasteiger partial charge is 0.469 e. The minimum atomic E-state index is -0.194. The van der Waals surface area contributed by atoms with E-state index >= 15 is 0 Å². The van der Waals surface area contributed by atoms with Crippen molar-refractivity contribution in [3.05, 3.63) is 40.5 Å². The molecule has 0 unspecified atom stereocenters. The van der Waals surface area contributed by atoms with E-state index in [0.717, 1.165) is 29.0 Å². The molecule has 0 N–H and O–H groups in total. The summed E-state index contributed by atoms with van der Waals surface area (Å²) < 4.78 is 8.44. The van der Waals surface area contributed by atoms with Crippen molar-refractivity contribution in [1.29, 1.82) is 0 Å². The highest BCUT2D eigenvalue weighted by atomic mass is 79.9. The SMILES string of the molecule is C=C.CC.COC(=O)Cc1c(C)c2c3c(cc(C4CC4)n3CCN2C)c1Br. The zero-order valence-corrected chi connectivity index (χ0v) is 18.8. The van der Waals surface area contributed by atoms with Gasteiger partial charge in [-0.1, -0.05) is 13.8 Å². The Morgan fingerprint density at radius 1 is 1.30 bits per heavy atom. The van der Waals surface area contributed by atoms with Crippen LogP contribution in [0.4, 0.5) is 5.69 Å². The zero-order chi connectivity index (χ0) is 20.3. The van der Waals surface area contributed by atoms with Crippen LogP contribution in [0.3, 0.4) is 0 Å². The summed E-state index contributed by atoms with van der Waals surface area (Å²) in [6, 6.07) is 2.33. The van der Waals surface area contributed by atoms with Crippen LogP contribution >= 0.6 is 15.9 Å². The number of esters is 1. The van der Waals surface area contributed by atoms with E-state index in [1.165, 1.54) is 47.8 Å². The van der Waals surface area contributed by atoms with Crippen LogP contribution in [-0.4, -0.2) is 31.2 Å². The fourth-order valence-corrected chi connectivity index (χ4v) is 4.59. The molecule has 2 heterocycles. The van der Waals surface area contributed by atoms with Gasteiger partial charge in [-0.25, -0.2) is 0 Å². The second kappa shape index (κ2) is 8.96. The number of halogens is 1. The van der Waals surface area contributed by atoms with E-state index in [4.69, 9.17) is 4.74 Å². The normalized spacial score (nSPS) is 14.8. The van der Waals surface area contributed by atoms with Crippen molar-refractivity contribution in [3.8, 4) is 0 Å². The Hall–Kier alpha value is -1.75. The second-order valence-corrected chi connectivity index (χ2v) is 7.49. The number of hydrogen-bond acceptors (Lipinski definition) is 3. The van der Waals surface area contributed by atoms with E-state index in [-0.39, 0.29) is 5.97 Å². The lowest BCUT2D eigenvalue weighted by molar-refractivity contribution is -0.139. The molecule has 1 saturated carbocycles. The summed E-state index contributed by atoms with van der Waals surface area (Å²) in [5, 5.41) is 1.23. The Morgan fingerprint density at radius 3 is 2.48 bits per heavy atom. The predicted octanol–water partition coefficient (Wildman–Crippen LogP) is 5.58. The number of ether oxygens (including phenoxy) is 1. The van der Waals surface area contributed by atoms with E-state index in [9.17, 15) is 4.79 Å². The van der Waals surface area contributed by atoms with Gasteiger partial charge in [0.05, 0.1) is 24.7 Å². The maximum Gasteiger partial charge on any atom is 0.310 e. The predicted molar refractivity (Wildman–Crippen MR) is 118 cm³/mol. The quantitative estimate of drug-likeness (QED) is 0.466. The fourth-order valence-electron chi connectivity index (χ4n) is 3.85. The number of rotatable bonds is 3. The molecule has 5 heteroatoms. The molecule has 2 aromatic rings. The van der Waals surface area contributed by atoms with Gasteiger partial charge in [-0.05, 0) is 58.8 Å². The molecular weight excluding hydrogens is 404 g/mol. The van der Waals surface area contributed by atoms with E-state index in [1.807, 2.05) is 13.8 Å². The van der Waals surface area contributed by atoms with Gasteiger partial charge >= 0.3 is 5.97 Å². The highest BCUT2D eigenvalue weighted by molar-refractivity contribution is 9.10. The van der Waals surface area contributed by atoms with Crippen LogP contribution in [0, 0.1) is 6.92 Å². The first-order chi connectivity index (χ1) is 13.0. The second-order valence-electron chi connectivity index (χ2n) is 6.70. The standard InChI is InChI=1S/C18H21BrN2O2.C2H6.C2H4/c1-10-12(9-15(22)23-3)16(19)13-8-14(11-4-5-11)21-7-6-20(2)17(10)18(13)21;2*1-2/h8,11H,4-7,9H2,1-3H3;1-2H3;1-2H2. The minimum absolute atomic E-state index is 0.194. The molecule has 27 heavy (non-hydrogen) atoms. The van der Waals surface area contributed by atoms with E-state index < -0.39 is 0 Å². The maximum atomic E-state index is 11.8. The minimum Gasteiger partial charge on any atom is -0.469 e. The number of nitrogens with zero attached hydrogens (tertiary/aromatic N) is 2. The monoisotopic (exact) mass is 434 g/mol. The molecular formula is C22H31BrN2O2. The average Bonchev–Trinajstić information content (AvgIpc) is 3.47. The van der Waals surface area contributed by atoms with E-state index in [0.29, 0.717) is 6.42 Å². The molecule has 1 aliphatic carbocycles. The molecule has 1 fully saturated rings. The van der Waals surface area contributed by atoms with Gasteiger partial charge < -0.3 is 14.2 Å². The van der Waals surface area contributed by atoms with Crippen LogP contribution in [0.5, 0.6) is 0 Å². The van der Waals surface area contributed by atoms with Crippen LogP contribution in [0.25, 0.3) is 10.9 Å². The molecule has 148 valence electrons. The van der Waals surface area contributed by atoms with Crippen LogP contribution < -0.4 is 4.90 Å². The van der Waals surface area contributed by atoms with Crippen molar-refractivity contribution in [1.82, 2.24) is 4.57 Å². The molecule has 4 rings (SSSR count). The summed E-state index contributed by atoms with van der Waals surface area (Å²) in [5.74, 6) is 0.524. The fraction of sp³-hybridized carbons (Fsp3) is 0.500. The first kappa shape index (κ1) is 21.5. The molecule has 2 aliphatic rings. The Kier molecular flexibility index (Phi) is 7.15. The highest BCUT2D eigenvalue weighted by Crippen LogP contribution is 2.48. The molecule has 0 saturated heterocycles. The van der Waals surface area contributed by atoms with Crippen LogP contribution in [-0.2, 0) is 22.5 Å². The number of benzene rings is 1. The average molecular weight is 435 g/mol. The summed E-state index contributed by atoms with van der Waals surface area (Å²) in [5.41, 5.74) is 6.27. The third-order valence-corrected chi connectivity index (χ3v) is 6.15. The molecule has 1 aliphatic heterocycles. The maximum absolute atomic E-state index is 11.8. The summed E-state index contributed by atoms with van der Waals surface area (Å²) in [6.07, 6.45) is 2.91. The van der Waals surface area contributed by atoms with Gasteiger partial charge in [0.2, 0.25) is 0 Å². The number of methoxy groups -OCH3 is 1. The van der Waals surface area contributed by atoms with Gasteiger partial charge in [0.25, 0.3) is 0 Å². The molecule has 0 bridgehead atoms. The van der Waals surface area contributed by atoms with Crippen LogP contribution in [0.15, 0.2) is 23.7 Å². The number of aromatic nitrogens is 1. The van der Waals surface area contributed by atoms with Gasteiger partial charge in [0.1, 0.15) is 0 Å². The topological polar surface area (TPSA) is 34.5 Å². The Bertz CT molecular complexity index is 837. The Morgan fingerprint density at radius 2 is 1.93 bits per heavy atom.